The Morgan fingerprint density at radius 1 is 1.03 bits per heavy atom. The third kappa shape index (κ3) is 4.48. The van der Waals surface area contributed by atoms with Crippen LogP contribution in [-0.4, -0.2) is 51.4 Å². The topological polar surface area (TPSA) is 57.0 Å². The van der Waals surface area contributed by atoms with Crippen LogP contribution < -0.4 is 15.2 Å². The van der Waals surface area contributed by atoms with E-state index in [1.165, 1.54) is 24.0 Å². The van der Waals surface area contributed by atoms with Crippen molar-refractivity contribution in [2.45, 2.75) is 37.9 Å². The summed E-state index contributed by atoms with van der Waals surface area (Å²) in [6.07, 6.45) is 4.42. The van der Waals surface area contributed by atoms with Crippen molar-refractivity contribution in [1.29, 1.82) is 0 Å². The van der Waals surface area contributed by atoms with E-state index in [1.54, 1.807) is 14.2 Å². The van der Waals surface area contributed by atoms with Crippen molar-refractivity contribution >= 4 is 0 Å². The van der Waals surface area contributed by atoms with Gasteiger partial charge in [-0.25, -0.2) is 0 Å². The summed E-state index contributed by atoms with van der Waals surface area (Å²) in [4.78, 5) is 2.59. The maximum Gasteiger partial charge on any atom is 0.164 e. The molecule has 2 N–H and O–H groups in total. The van der Waals surface area contributed by atoms with Gasteiger partial charge in [0, 0.05) is 25.1 Å². The molecule has 4 rings (SSSR count). The summed E-state index contributed by atoms with van der Waals surface area (Å²) in [7, 11) is 3.40. The minimum atomic E-state index is -0.0744. The van der Waals surface area contributed by atoms with E-state index in [-0.39, 0.29) is 12.2 Å². The number of hydrogen-bond acceptors (Lipinski definition) is 5. The summed E-state index contributed by atoms with van der Waals surface area (Å²) in [5, 5.41) is 0. The highest BCUT2D eigenvalue weighted by Gasteiger charge is 2.36. The van der Waals surface area contributed by atoms with E-state index in [0.29, 0.717) is 12.5 Å². The number of fused-ring (bicyclic) bond motifs is 1. The molecule has 2 atom stereocenters. The molecule has 0 unspecified atom stereocenters. The lowest BCUT2D eigenvalue weighted by Gasteiger charge is -2.40. The zero-order chi connectivity index (χ0) is 20.9. The molecule has 0 aromatic heterocycles. The van der Waals surface area contributed by atoms with Crippen LogP contribution in [0.3, 0.4) is 0 Å². The normalized spacial score (nSPS) is 22.5. The van der Waals surface area contributed by atoms with Crippen molar-refractivity contribution in [3.8, 4) is 11.5 Å². The fourth-order valence-corrected chi connectivity index (χ4v) is 4.99. The second kappa shape index (κ2) is 9.82. The lowest BCUT2D eigenvalue weighted by molar-refractivity contribution is -0.0646. The van der Waals surface area contributed by atoms with Crippen LogP contribution in [0.15, 0.2) is 42.5 Å². The molecule has 2 aliphatic heterocycles. The number of rotatable bonds is 7. The minimum Gasteiger partial charge on any atom is -0.493 e. The van der Waals surface area contributed by atoms with Gasteiger partial charge in [-0.05, 0) is 55.5 Å². The monoisotopic (exact) mass is 410 g/mol. The third-order valence-corrected chi connectivity index (χ3v) is 6.71. The second-order valence-electron chi connectivity index (χ2n) is 8.39. The van der Waals surface area contributed by atoms with E-state index < -0.39 is 0 Å². The summed E-state index contributed by atoms with van der Waals surface area (Å²) in [5.74, 6) is 2.17. The van der Waals surface area contributed by atoms with E-state index in [1.807, 2.05) is 6.07 Å². The van der Waals surface area contributed by atoms with Crippen LogP contribution in [0.5, 0.6) is 11.5 Å². The highest BCUT2D eigenvalue weighted by Crippen LogP contribution is 2.43. The number of methoxy groups -OCH3 is 2. The SMILES string of the molecule is COc1ccc2c(c1OC)C[C@@H](C1CCN(CCc3ccccc3)CC1)O[C@H]2CN. The number of ether oxygens (including phenoxy) is 3. The van der Waals surface area contributed by atoms with Gasteiger partial charge in [0.25, 0.3) is 0 Å². The molecule has 2 aromatic rings. The van der Waals surface area contributed by atoms with E-state index >= 15 is 0 Å². The molecule has 30 heavy (non-hydrogen) atoms. The first-order chi connectivity index (χ1) is 14.7. The van der Waals surface area contributed by atoms with Gasteiger partial charge in [0.2, 0.25) is 0 Å². The molecule has 1 saturated heterocycles. The fraction of sp³-hybridized carbons (Fsp3) is 0.520. The summed E-state index contributed by atoms with van der Waals surface area (Å²) >= 11 is 0. The largest absolute Gasteiger partial charge is 0.493 e. The highest BCUT2D eigenvalue weighted by atomic mass is 16.5. The number of piperidine rings is 1. The summed E-state index contributed by atoms with van der Waals surface area (Å²) in [5.41, 5.74) is 9.85. The summed E-state index contributed by atoms with van der Waals surface area (Å²) < 4.78 is 17.7. The number of nitrogens with two attached hydrogens (primary N) is 1. The molecule has 2 aliphatic rings. The predicted molar refractivity (Wildman–Crippen MR) is 119 cm³/mol. The quantitative estimate of drug-likeness (QED) is 0.756. The van der Waals surface area contributed by atoms with Crippen molar-refractivity contribution in [1.82, 2.24) is 4.90 Å². The molecule has 5 nitrogen and oxygen atoms in total. The Hall–Kier alpha value is -2.08. The van der Waals surface area contributed by atoms with E-state index in [4.69, 9.17) is 19.9 Å². The third-order valence-electron chi connectivity index (χ3n) is 6.71. The smallest absolute Gasteiger partial charge is 0.164 e. The van der Waals surface area contributed by atoms with Crippen LogP contribution in [0.4, 0.5) is 0 Å². The zero-order valence-electron chi connectivity index (χ0n) is 18.2. The molecule has 0 spiro atoms. The van der Waals surface area contributed by atoms with Crippen molar-refractivity contribution in [3.63, 3.8) is 0 Å². The van der Waals surface area contributed by atoms with Gasteiger partial charge >= 0.3 is 0 Å². The Bertz CT molecular complexity index is 819. The van der Waals surface area contributed by atoms with Gasteiger partial charge < -0.3 is 24.8 Å². The second-order valence-corrected chi connectivity index (χ2v) is 8.39. The molecule has 0 amide bonds. The number of nitrogens with zero attached hydrogens (tertiary/aromatic N) is 1. The molecule has 5 heteroatoms. The standard InChI is InChI=1S/C25H34N2O3/c1-28-22-9-8-20-21(25(22)29-2)16-23(30-24(20)17-26)19-11-14-27(15-12-19)13-10-18-6-4-3-5-7-18/h3-9,19,23-24H,10-17,26H2,1-2H3/t23-,24-/m0/s1. The molecule has 0 bridgehead atoms. The van der Waals surface area contributed by atoms with Crippen LogP contribution in [0.25, 0.3) is 0 Å². The number of hydrogen-bond donors (Lipinski definition) is 1. The molecule has 0 saturated carbocycles. The average molecular weight is 411 g/mol. The van der Waals surface area contributed by atoms with Gasteiger partial charge in [0.05, 0.1) is 26.4 Å². The maximum absolute atomic E-state index is 6.50. The van der Waals surface area contributed by atoms with Crippen molar-refractivity contribution < 1.29 is 14.2 Å². The molecule has 0 aliphatic carbocycles. The Morgan fingerprint density at radius 3 is 2.47 bits per heavy atom. The highest BCUT2D eigenvalue weighted by molar-refractivity contribution is 5.52. The van der Waals surface area contributed by atoms with Crippen LogP contribution in [0.2, 0.25) is 0 Å². The molecule has 2 aromatic carbocycles. The lowest BCUT2D eigenvalue weighted by Crippen LogP contribution is -2.42. The van der Waals surface area contributed by atoms with Gasteiger partial charge in [-0.1, -0.05) is 36.4 Å². The molecule has 0 radical (unpaired) electrons. The van der Waals surface area contributed by atoms with Crippen LogP contribution in [0, 0.1) is 5.92 Å². The number of benzene rings is 2. The van der Waals surface area contributed by atoms with E-state index in [2.05, 4.69) is 41.3 Å². The maximum atomic E-state index is 6.50. The molecular formula is C25H34N2O3. The first-order valence-electron chi connectivity index (χ1n) is 11.1. The van der Waals surface area contributed by atoms with Gasteiger partial charge in [-0.2, -0.15) is 0 Å². The van der Waals surface area contributed by atoms with Gasteiger partial charge in [0.1, 0.15) is 0 Å². The fourth-order valence-electron chi connectivity index (χ4n) is 4.99. The average Bonchev–Trinajstić information content (AvgIpc) is 2.82. The van der Waals surface area contributed by atoms with Crippen molar-refractivity contribution in [2.75, 3.05) is 40.4 Å². The van der Waals surface area contributed by atoms with Crippen molar-refractivity contribution in [3.05, 3.63) is 59.2 Å². The lowest BCUT2D eigenvalue weighted by atomic mass is 9.83. The van der Waals surface area contributed by atoms with Crippen LogP contribution >= 0.6 is 0 Å². The van der Waals surface area contributed by atoms with Gasteiger partial charge in [-0.3, -0.25) is 0 Å². The van der Waals surface area contributed by atoms with Crippen LogP contribution in [-0.2, 0) is 17.6 Å². The zero-order valence-corrected chi connectivity index (χ0v) is 18.2. The van der Waals surface area contributed by atoms with Gasteiger partial charge in [-0.15, -0.1) is 0 Å². The predicted octanol–water partition coefficient (Wildman–Crippen LogP) is 3.60. The first kappa shape index (κ1) is 21.2. The minimum absolute atomic E-state index is 0.0744. The van der Waals surface area contributed by atoms with E-state index in [9.17, 15) is 0 Å². The Labute approximate surface area is 180 Å². The number of likely N-dealkylation sites (tertiary alicyclic amines) is 1. The summed E-state index contributed by atoms with van der Waals surface area (Å²) in [6.45, 7) is 3.87. The van der Waals surface area contributed by atoms with Gasteiger partial charge in [0.15, 0.2) is 11.5 Å². The first-order valence-corrected chi connectivity index (χ1v) is 11.1. The van der Waals surface area contributed by atoms with Crippen LogP contribution in [0.1, 0.15) is 35.6 Å². The Balaban J connectivity index is 1.40. The Morgan fingerprint density at radius 2 is 1.80 bits per heavy atom. The molecule has 162 valence electrons. The van der Waals surface area contributed by atoms with E-state index in [0.717, 1.165) is 49.5 Å². The Kier molecular flexibility index (Phi) is 6.93. The molecular weight excluding hydrogens is 376 g/mol. The van der Waals surface area contributed by atoms with Crippen molar-refractivity contribution in [2.24, 2.45) is 11.7 Å². The summed E-state index contributed by atoms with van der Waals surface area (Å²) in [6, 6.07) is 14.8. The molecule has 1 fully saturated rings. The molecule has 2 heterocycles.